The SMILES string of the molecule is Cn1c(NC2CCC(n3nc(-c4cccnc4)ccc3=O)CC2)nc2cnccc2c1=O. The maximum atomic E-state index is 12.6. The van der Waals surface area contributed by atoms with Crippen LogP contribution in [0.15, 0.2) is 64.7 Å². The number of fused-ring (bicyclic) bond motifs is 1. The Hall–Kier alpha value is -3.88. The van der Waals surface area contributed by atoms with Crippen LogP contribution in [0.3, 0.4) is 0 Å². The molecule has 0 aliphatic heterocycles. The van der Waals surface area contributed by atoms with Crippen LogP contribution in [0.1, 0.15) is 31.7 Å². The summed E-state index contributed by atoms with van der Waals surface area (Å²) in [6, 6.07) is 8.98. The van der Waals surface area contributed by atoms with E-state index >= 15 is 0 Å². The molecule has 4 heterocycles. The lowest BCUT2D eigenvalue weighted by molar-refractivity contribution is 0.303. The van der Waals surface area contributed by atoms with Crippen LogP contribution in [-0.4, -0.2) is 35.3 Å². The van der Waals surface area contributed by atoms with Gasteiger partial charge in [-0.2, -0.15) is 5.10 Å². The lowest BCUT2D eigenvalue weighted by Gasteiger charge is -2.30. The van der Waals surface area contributed by atoms with Gasteiger partial charge in [0.05, 0.1) is 28.8 Å². The maximum Gasteiger partial charge on any atom is 0.267 e. The van der Waals surface area contributed by atoms with Gasteiger partial charge in [-0.15, -0.1) is 0 Å². The molecule has 1 fully saturated rings. The fourth-order valence-electron chi connectivity index (χ4n) is 4.25. The van der Waals surface area contributed by atoms with Crippen molar-refractivity contribution in [2.45, 2.75) is 37.8 Å². The van der Waals surface area contributed by atoms with Crippen LogP contribution in [0.25, 0.3) is 22.2 Å². The minimum Gasteiger partial charge on any atom is -0.353 e. The summed E-state index contributed by atoms with van der Waals surface area (Å²) in [6.45, 7) is 0. The molecule has 9 nitrogen and oxygen atoms in total. The molecule has 0 amide bonds. The van der Waals surface area contributed by atoms with Crippen LogP contribution >= 0.6 is 0 Å². The first kappa shape index (κ1) is 20.0. The van der Waals surface area contributed by atoms with Gasteiger partial charge in [0.1, 0.15) is 0 Å². The van der Waals surface area contributed by atoms with Gasteiger partial charge >= 0.3 is 0 Å². The molecule has 4 aromatic rings. The zero-order valence-electron chi connectivity index (χ0n) is 17.7. The van der Waals surface area contributed by atoms with E-state index in [1.54, 1.807) is 54.7 Å². The van der Waals surface area contributed by atoms with Crippen LogP contribution in [0.4, 0.5) is 5.95 Å². The molecular formula is C23H23N7O2. The first-order valence-electron chi connectivity index (χ1n) is 10.7. The second kappa shape index (κ2) is 8.33. The molecular weight excluding hydrogens is 406 g/mol. The third-order valence-electron chi connectivity index (χ3n) is 6.04. The zero-order chi connectivity index (χ0) is 22.1. The molecule has 0 unspecified atom stereocenters. The number of hydrogen-bond donors (Lipinski definition) is 1. The number of nitrogens with one attached hydrogen (secondary N) is 1. The van der Waals surface area contributed by atoms with Crippen LogP contribution < -0.4 is 16.4 Å². The Morgan fingerprint density at radius 1 is 0.969 bits per heavy atom. The van der Waals surface area contributed by atoms with Crippen molar-refractivity contribution >= 4 is 16.9 Å². The summed E-state index contributed by atoms with van der Waals surface area (Å²) in [7, 11) is 1.72. The van der Waals surface area contributed by atoms with Crippen LogP contribution in [0.5, 0.6) is 0 Å². The van der Waals surface area contributed by atoms with E-state index in [-0.39, 0.29) is 23.2 Å². The van der Waals surface area contributed by atoms with E-state index in [9.17, 15) is 9.59 Å². The predicted octanol–water partition coefficient (Wildman–Crippen LogP) is 2.54. The average Bonchev–Trinajstić information content (AvgIpc) is 2.84. The highest BCUT2D eigenvalue weighted by atomic mass is 16.1. The van der Waals surface area contributed by atoms with Crippen LogP contribution in [-0.2, 0) is 7.05 Å². The quantitative estimate of drug-likeness (QED) is 0.531. The first-order valence-corrected chi connectivity index (χ1v) is 10.7. The largest absolute Gasteiger partial charge is 0.353 e. The molecule has 1 N–H and O–H groups in total. The molecule has 0 atom stereocenters. The van der Waals surface area contributed by atoms with Crippen molar-refractivity contribution in [3.05, 3.63) is 75.8 Å². The smallest absolute Gasteiger partial charge is 0.267 e. The molecule has 0 spiro atoms. The van der Waals surface area contributed by atoms with Crippen molar-refractivity contribution in [1.82, 2.24) is 29.3 Å². The van der Waals surface area contributed by atoms with E-state index in [1.165, 1.54) is 4.57 Å². The van der Waals surface area contributed by atoms with E-state index in [1.807, 2.05) is 12.1 Å². The summed E-state index contributed by atoms with van der Waals surface area (Å²) in [5, 5.41) is 8.58. The molecule has 162 valence electrons. The van der Waals surface area contributed by atoms with Crippen LogP contribution in [0.2, 0.25) is 0 Å². The van der Waals surface area contributed by atoms with Crippen molar-refractivity contribution in [2.24, 2.45) is 7.05 Å². The average molecular weight is 429 g/mol. The van der Waals surface area contributed by atoms with Gasteiger partial charge in [-0.25, -0.2) is 9.67 Å². The van der Waals surface area contributed by atoms with Gasteiger partial charge in [-0.05, 0) is 49.9 Å². The summed E-state index contributed by atoms with van der Waals surface area (Å²) in [6.07, 6.45) is 9.96. The summed E-state index contributed by atoms with van der Waals surface area (Å²) in [4.78, 5) is 37.9. The Morgan fingerprint density at radius 3 is 2.56 bits per heavy atom. The third kappa shape index (κ3) is 3.77. The molecule has 9 heteroatoms. The number of nitrogens with zero attached hydrogens (tertiary/aromatic N) is 6. The summed E-state index contributed by atoms with van der Waals surface area (Å²) >= 11 is 0. The zero-order valence-corrected chi connectivity index (χ0v) is 17.7. The Morgan fingerprint density at radius 2 is 1.78 bits per heavy atom. The van der Waals surface area contributed by atoms with Gasteiger partial charge in [0.2, 0.25) is 5.95 Å². The minimum absolute atomic E-state index is 0.0368. The highest BCUT2D eigenvalue weighted by Gasteiger charge is 2.25. The molecule has 32 heavy (non-hydrogen) atoms. The van der Waals surface area contributed by atoms with E-state index in [0.29, 0.717) is 16.9 Å². The van der Waals surface area contributed by atoms with Crippen LogP contribution in [0, 0.1) is 0 Å². The monoisotopic (exact) mass is 429 g/mol. The van der Waals surface area contributed by atoms with Crippen molar-refractivity contribution in [3.63, 3.8) is 0 Å². The number of rotatable bonds is 4. The topological polar surface area (TPSA) is 108 Å². The first-order chi connectivity index (χ1) is 15.6. The second-order valence-corrected chi connectivity index (χ2v) is 8.09. The predicted molar refractivity (Wildman–Crippen MR) is 121 cm³/mol. The van der Waals surface area contributed by atoms with Gasteiger partial charge < -0.3 is 5.32 Å². The third-order valence-corrected chi connectivity index (χ3v) is 6.04. The van der Waals surface area contributed by atoms with Crippen molar-refractivity contribution in [2.75, 3.05) is 5.32 Å². The summed E-state index contributed by atoms with van der Waals surface area (Å²) in [5.74, 6) is 0.535. The fourth-order valence-corrected chi connectivity index (χ4v) is 4.25. The van der Waals surface area contributed by atoms with E-state index in [0.717, 1.165) is 36.9 Å². The maximum absolute atomic E-state index is 12.6. The Bertz CT molecular complexity index is 1370. The van der Waals surface area contributed by atoms with Crippen molar-refractivity contribution < 1.29 is 0 Å². The minimum atomic E-state index is -0.100. The highest BCUT2D eigenvalue weighted by Crippen LogP contribution is 2.29. The van der Waals surface area contributed by atoms with E-state index < -0.39 is 0 Å². The molecule has 0 radical (unpaired) electrons. The molecule has 1 aliphatic carbocycles. The lowest BCUT2D eigenvalue weighted by Crippen LogP contribution is -2.34. The fraction of sp³-hybridized carbons (Fsp3) is 0.304. The lowest BCUT2D eigenvalue weighted by atomic mass is 9.91. The second-order valence-electron chi connectivity index (χ2n) is 8.09. The van der Waals surface area contributed by atoms with Gasteiger partial charge in [0.25, 0.3) is 11.1 Å². The van der Waals surface area contributed by atoms with Gasteiger partial charge in [-0.3, -0.25) is 24.1 Å². The summed E-state index contributed by atoms with van der Waals surface area (Å²) in [5.41, 5.74) is 2.00. The Kier molecular flexibility index (Phi) is 5.22. The Labute approximate surface area is 183 Å². The normalized spacial score (nSPS) is 18.5. The molecule has 1 aliphatic rings. The van der Waals surface area contributed by atoms with E-state index in [2.05, 4.69) is 25.4 Å². The molecule has 0 aromatic carbocycles. The molecule has 4 aromatic heterocycles. The van der Waals surface area contributed by atoms with Crippen molar-refractivity contribution in [1.29, 1.82) is 0 Å². The molecule has 0 bridgehead atoms. The molecule has 5 rings (SSSR count). The number of pyridine rings is 2. The van der Waals surface area contributed by atoms with Gasteiger partial charge in [-0.1, -0.05) is 0 Å². The van der Waals surface area contributed by atoms with Gasteiger partial charge in [0, 0.05) is 43.3 Å². The molecule has 1 saturated carbocycles. The molecule has 0 saturated heterocycles. The standard InChI is InChI=1S/C23H23N7O2/c1-29-22(32)18-10-12-25-14-20(18)27-23(29)26-16-4-6-17(7-5-16)30-21(31)9-8-19(28-30)15-3-2-11-24-13-15/h2-3,8-14,16-17H,4-7H2,1H3,(H,26,27). The van der Waals surface area contributed by atoms with Crippen molar-refractivity contribution in [3.8, 4) is 11.3 Å². The number of anilines is 1. The van der Waals surface area contributed by atoms with Gasteiger partial charge in [0.15, 0.2) is 0 Å². The summed E-state index contributed by atoms with van der Waals surface area (Å²) < 4.78 is 3.14. The highest BCUT2D eigenvalue weighted by molar-refractivity contribution is 5.77. The van der Waals surface area contributed by atoms with E-state index in [4.69, 9.17) is 0 Å². The number of aromatic nitrogens is 6. The Balaban J connectivity index is 1.32. The number of hydrogen-bond acceptors (Lipinski definition) is 7.